The zero-order chi connectivity index (χ0) is 19.7. The Kier molecular flexibility index (Phi) is 4.26. The van der Waals surface area contributed by atoms with Crippen LogP contribution in [0.15, 0.2) is 53.2 Å². The molecule has 0 aliphatic heterocycles. The predicted octanol–water partition coefficient (Wildman–Crippen LogP) is 3.87. The number of rotatable bonds is 5. The van der Waals surface area contributed by atoms with Crippen molar-refractivity contribution in [1.29, 1.82) is 5.41 Å². The molecule has 0 fully saturated rings. The Balaban J connectivity index is 1.58. The number of aromatic amines is 1. The SMILES string of the molecule is Cc1cc(C(=N)/C=C\c2n[nH]c(C(F)(F)c3ccc4ncccc4c3)n2)on1. The van der Waals surface area contributed by atoms with Gasteiger partial charge in [-0.2, -0.15) is 13.9 Å². The van der Waals surface area contributed by atoms with Crippen LogP contribution in [0, 0.1) is 12.3 Å². The van der Waals surface area contributed by atoms with Gasteiger partial charge in [-0.3, -0.25) is 15.5 Å². The molecule has 28 heavy (non-hydrogen) atoms. The van der Waals surface area contributed by atoms with E-state index in [2.05, 4.69) is 25.3 Å². The molecule has 2 N–H and O–H groups in total. The molecule has 0 atom stereocenters. The summed E-state index contributed by atoms with van der Waals surface area (Å²) in [7, 11) is 0. The molecule has 0 bridgehead atoms. The van der Waals surface area contributed by atoms with E-state index in [1.54, 1.807) is 31.3 Å². The Labute approximate surface area is 157 Å². The summed E-state index contributed by atoms with van der Waals surface area (Å²) >= 11 is 0. The lowest BCUT2D eigenvalue weighted by molar-refractivity contribution is 0.0333. The van der Waals surface area contributed by atoms with Crippen molar-refractivity contribution in [2.75, 3.05) is 0 Å². The fourth-order valence-electron chi connectivity index (χ4n) is 2.63. The van der Waals surface area contributed by atoms with Gasteiger partial charge in [0.1, 0.15) is 0 Å². The number of fused-ring (bicyclic) bond motifs is 1. The standard InChI is InChI=1S/C19H14F2N6O/c1-11-9-16(28-27-11)14(22)5-7-17-24-18(26-25-17)19(20,21)13-4-6-15-12(10-13)3-2-8-23-15/h2-10,22H,1H3,(H,24,25,26)/b7-5-,22-14?. The molecule has 3 aromatic heterocycles. The third kappa shape index (κ3) is 3.29. The Bertz CT molecular complexity index is 1190. The molecule has 0 saturated carbocycles. The first-order chi connectivity index (χ1) is 13.4. The number of allylic oxidation sites excluding steroid dienone is 1. The van der Waals surface area contributed by atoms with Gasteiger partial charge in [-0.15, -0.1) is 0 Å². The van der Waals surface area contributed by atoms with Crippen molar-refractivity contribution in [3.05, 3.63) is 77.3 Å². The molecule has 7 nitrogen and oxygen atoms in total. The third-order valence-corrected chi connectivity index (χ3v) is 4.06. The number of alkyl halides is 2. The van der Waals surface area contributed by atoms with Crippen LogP contribution in [0.2, 0.25) is 0 Å². The summed E-state index contributed by atoms with van der Waals surface area (Å²) in [5.41, 5.74) is 1.08. The van der Waals surface area contributed by atoms with Crippen LogP contribution >= 0.6 is 0 Å². The van der Waals surface area contributed by atoms with Gasteiger partial charge in [0, 0.05) is 23.2 Å². The molecular weight excluding hydrogens is 366 g/mol. The average molecular weight is 380 g/mol. The van der Waals surface area contributed by atoms with E-state index in [0.717, 1.165) is 0 Å². The summed E-state index contributed by atoms with van der Waals surface area (Å²) < 4.78 is 34.7. The van der Waals surface area contributed by atoms with E-state index in [9.17, 15) is 8.78 Å². The summed E-state index contributed by atoms with van der Waals surface area (Å²) in [5.74, 6) is -3.66. The molecule has 140 valence electrons. The topological polar surface area (TPSA) is 104 Å². The number of pyridine rings is 1. The number of nitrogens with one attached hydrogen (secondary N) is 2. The lowest BCUT2D eigenvalue weighted by Crippen LogP contribution is -2.17. The van der Waals surface area contributed by atoms with Crippen LogP contribution in [-0.4, -0.2) is 31.0 Å². The first-order valence-electron chi connectivity index (χ1n) is 8.30. The van der Waals surface area contributed by atoms with Crippen molar-refractivity contribution in [3.63, 3.8) is 0 Å². The Morgan fingerprint density at radius 3 is 2.89 bits per heavy atom. The maximum absolute atomic E-state index is 14.9. The third-order valence-electron chi connectivity index (χ3n) is 4.06. The molecule has 4 rings (SSSR count). The molecule has 9 heteroatoms. The van der Waals surface area contributed by atoms with Crippen LogP contribution in [0.3, 0.4) is 0 Å². The fraction of sp³-hybridized carbons (Fsp3) is 0.105. The highest BCUT2D eigenvalue weighted by atomic mass is 19.3. The van der Waals surface area contributed by atoms with Crippen LogP contribution < -0.4 is 0 Å². The highest BCUT2D eigenvalue weighted by Crippen LogP contribution is 2.34. The van der Waals surface area contributed by atoms with Gasteiger partial charge in [0.25, 0.3) is 0 Å². The molecular formula is C19H14F2N6O. The zero-order valence-electron chi connectivity index (χ0n) is 14.6. The largest absolute Gasteiger partial charge is 0.354 e. The zero-order valence-corrected chi connectivity index (χ0v) is 14.6. The maximum Gasteiger partial charge on any atom is 0.331 e. The van der Waals surface area contributed by atoms with Crippen LogP contribution in [0.4, 0.5) is 8.78 Å². The van der Waals surface area contributed by atoms with Crippen LogP contribution in [-0.2, 0) is 5.92 Å². The van der Waals surface area contributed by atoms with Crippen LogP contribution in [0.25, 0.3) is 17.0 Å². The Hall–Kier alpha value is -3.75. The lowest BCUT2D eigenvalue weighted by Gasteiger charge is -2.14. The fourth-order valence-corrected chi connectivity index (χ4v) is 2.63. The number of aryl methyl sites for hydroxylation is 1. The van der Waals surface area contributed by atoms with E-state index in [-0.39, 0.29) is 22.9 Å². The molecule has 0 spiro atoms. The second-order valence-corrected chi connectivity index (χ2v) is 6.11. The molecule has 0 aliphatic carbocycles. The van der Waals surface area contributed by atoms with Crippen LogP contribution in [0.1, 0.15) is 28.7 Å². The predicted molar refractivity (Wildman–Crippen MR) is 98.2 cm³/mol. The van der Waals surface area contributed by atoms with Gasteiger partial charge in [0.05, 0.1) is 16.9 Å². The van der Waals surface area contributed by atoms with Gasteiger partial charge in [-0.1, -0.05) is 17.3 Å². The van der Waals surface area contributed by atoms with Crippen LogP contribution in [0.5, 0.6) is 0 Å². The normalized spacial score (nSPS) is 12.1. The second kappa shape index (κ2) is 6.76. The highest BCUT2D eigenvalue weighted by Gasteiger charge is 2.38. The van der Waals surface area contributed by atoms with E-state index in [4.69, 9.17) is 9.93 Å². The summed E-state index contributed by atoms with van der Waals surface area (Å²) in [6.45, 7) is 1.73. The number of benzene rings is 1. The molecule has 0 unspecified atom stereocenters. The van der Waals surface area contributed by atoms with Gasteiger partial charge in [0.15, 0.2) is 17.4 Å². The molecule has 0 amide bonds. The second-order valence-electron chi connectivity index (χ2n) is 6.11. The minimum absolute atomic E-state index is 0.0260. The quantitative estimate of drug-likeness (QED) is 0.512. The smallest absolute Gasteiger partial charge is 0.331 e. The number of hydrogen-bond acceptors (Lipinski definition) is 6. The van der Waals surface area contributed by atoms with Gasteiger partial charge in [0.2, 0.25) is 0 Å². The van der Waals surface area contributed by atoms with Gasteiger partial charge in [-0.25, -0.2) is 4.98 Å². The van der Waals surface area contributed by atoms with Gasteiger partial charge < -0.3 is 4.52 Å². The summed E-state index contributed by atoms with van der Waals surface area (Å²) in [6.07, 6.45) is 4.31. The molecule has 0 aliphatic rings. The van der Waals surface area contributed by atoms with Crippen molar-refractivity contribution in [2.45, 2.75) is 12.8 Å². The van der Waals surface area contributed by atoms with E-state index in [1.807, 2.05) is 0 Å². The first kappa shape index (κ1) is 17.7. The Morgan fingerprint density at radius 1 is 1.25 bits per heavy atom. The van der Waals surface area contributed by atoms with Crippen molar-refractivity contribution in [2.24, 2.45) is 0 Å². The molecule has 1 aromatic carbocycles. The first-order valence-corrected chi connectivity index (χ1v) is 8.30. The summed E-state index contributed by atoms with van der Waals surface area (Å²) in [6, 6.07) is 9.23. The van der Waals surface area contributed by atoms with Gasteiger partial charge in [-0.05, 0) is 37.3 Å². The van der Waals surface area contributed by atoms with Crippen molar-refractivity contribution in [3.8, 4) is 0 Å². The average Bonchev–Trinajstić information content (AvgIpc) is 3.35. The number of aromatic nitrogens is 5. The van der Waals surface area contributed by atoms with Crippen molar-refractivity contribution < 1.29 is 13.3 Å². The van der Waals surface area contributed by atoms with E-state index < -0.39 is 11.7 Å². The van der Waals surface area contributed by atoms with Crippen molar-refractivity contribution >= 4 is 22.7 Å². The molecule has 3 heterocycles. The number of H-pyrrole nitrogens is 1. The Morgan fingerprint density at radius 2 is 2.11 bits per heavy atom. The van der Waals surface area contributed by atoms with Gasteiger partial charge >= 0.3 is 5.92 Å². The molecule has 0 radical (unpaired) electrons. The maximum atomic E-state index is 14.9. The monoisotopic (exact) mass is 380 g/mol. The number of nitrogens with zero attached hydrogens (tertiary/aromatic N) is 4. The van der Waals surface area contributed by atoms with E-state index >= 15 is 0 Å². The minimum atomic E-state index is -3.36. The summed E-state index contributed by atoms with van der Waals surface area (Å²) in [4.78, 5) is 7.97. The highest BCUT2D eigenvalue weighted by molar-refractivity contribution is 6.06. The summed E-state index contributed by atoms with van der Waals surface area (Å²) in [5, 5.41) is 18.3. The molecule has 0 saturated heterocycles. The van der Waals surface area contributed by atoms with E-state index in [0.29, 0.717) is 16.6 Å². The molecule has 4 aromatic rings. The number of halogens is 2. The number of hydrogen-bond donors (Lipinski definition) is 2. The van der Waals surface area contributed by atoms with Crippen molar-refractivity contribution in [1.82, 2.24) is 25.3 Å². The van der Waals surface area contributed by atoms with E-state index in [1.165, 1.54) is 30.4 Å². The minimum Gasteiger partial charge on any atom is -0.354 e. The lowest BCUT2D eigenvalue weighted by atomic mass is 10.0.